The maximum Gasteiger partial charge on any atom is 0.333 e. The van der Waals surface area contributed by atoms with Crippen LogP contribution >= 0.6 is 0 Å². The Morgan fingerprint density at radius 3 is 2.77 bits per heavy atom. The minimum atomic E-state index is -0.365. The van der Waals surface area contributed by atoms with E-state index < -0.39 is 0 Å². The van der Waals surface area contributed by atoms with Crippen molar-refractivity contribution in [1.29, 1.82) is 0 Å². The van der Waals surface area contributed by atoms with Crippen LogP contribution in [0.3, 0.4) is 0 Å². The molecule has 0 unspecified atom stereocenters. The lowest BCUT2D eigenvalue weighted by atomic mass is 9.90. The monoisotopic (exact) mass is 300 g/mol. The molecule has 0 spiro atoms. The molecule has 0 aliphatic heterocycles. The van der Waals surface area contributed by atoms with E-state index in [1.165, 1.54) is 16.7 Å². The minimum absolute atomic E-state index is 0.235. The van der Waals surface area contributed by atoms with Gasteiger partial charge in [-0.1, -0.05) is 18.2 Å². The molecule has 0 atom stereocenters. The van der Waals surface area contributed by atoms with Crippen LogP contribution in [0.2, 0.25) is 0 Å². The van der Waals surface area contributed by atoms with Crippen LogP contribution < -0.4 is 0 Å². The first-order valence-electron chi connectivity index (χ1n) is 7.64. The molecule has 0 amide bonds. The van der Waals surface area contributed by atoms with Gasteiger partial charge in [0, 0.05) is 17.6 Å². The molecule has 1 aromatic rings. The fraction of sp³-hybridized carbons (Fsp3) is 0.421. The van der Waals surface area contributed by atoms with Gasteiger partial charge in [0.15, 0.2) is 0 Å². The maximum absolute atomic E-state index is 11.6. The summed E-state index contributed by atoms with van der Waals surface area (Å²) < 4.78 is 11.0. The summed E-state index contributed by atoms with van der Waals surface area (Å²) in [7, 11) is 0. The van der Waals surface area contributed by atoms with E-state index in [0.29, 0.717) is 5.57 Å². The van der Waals surface area contributed by atoms with Gasteiger partial charge < -0.3 is 9.15 Å². The highest BCUT2D eigenvalue weighted by Gasteiger charge is 2.17. The van der Waals surface area contributed by atoms with Crippen LogP contribution in [-0.4, -0.2) is 5.97 Å². The number of aryl methyl sites for hydroxylation is 1. The van der Waals surface area contributed by atoms with Gasteiger partial charge in [-0.3, -0.25) is 0 Å². The molecule has 0 aromatic carbocycles. The van der Waals surface area contributed by atoms with E-state index in [0.717, 1.165) is 36.1 Å². The molecule has 0 N–H and O–H groups in total. The first kappa shape index (κ1) is 16.3. The van der Waals surface area contributed by atoms with Gasteiger partial charge in [0.05, 0.1) is 6.26 Å². The Morgan fingerprint density at radius 1 is 1.36 bits per heavy atom. The number of carbonyl (C=O) groups excluding carboxylic acids is 1. The van der Waals surface area contributed by atoms with Crippen LogP contribution in [0.4, 0.5) is 0 Å². The van der Waals surface area contributed by atoms with E-state index in [4.69, 9.17) is 9.15 Å². The van der Waals surface area contributed by atoms with E-state index in [-0.39, 0.29) is 12.6 Å². The zero-order valence-electron chi connectivity index (χ0n) is 13.9. The molecule has 3 nitrogen and oxygen atoms in total. The predicted octanol–water partition coefficient (Wildman–Crippen LogP) is 4.81. The number of hydrogen-bond acceptors (Lipinski definition) is 3. The van der Waals surface area contributed by atoms with Gasteiger partial charge in [0.25, 0.3) is 0 Å². The van der Waals surface area contributed by atoms with E-state index in [2.05, 4.69) is 26.5 Å². The average Bonchev–Trinajstić information content (AvgIpc) is 2.81. The second-order valence-corrected chi connectivity index (χ2v) is 6.03. The Labute approximate surface area is 132 Å². The average molecular weight is 300 g/mol. The minimum Gasteiger partial charge on any atom is -0.468 e. The Kier molecular flexibility index (Phi) is 5.07. The lowest BCUT2D eigenvalue weighted by Crippen LogP contribution is -2.07. The molecule has 22 heavy (non-hydrogen) atoms. The van der Waals surface area contributed by atoms with E-state index >= 15 is 0 Å². The van der Waals surface area contributed by atoms with Crippen LogP contribution in [0.5, 0.6) is 0 Å². The zero-order valence-corrected chi connectivity index (χ0v) is 13.9. The number of hydrogen-bond donors (Lipinski definition) is 0. The molecular formula is C19H24O3. The number of furan rings is 1. The number of rotatable bonds is 5. The van der Waals surface area contributed by atoms with E-state index in [9.17, 15) is 4.79 Å². The molecule has 0 radical (unpaired) electrons. The summed E-state index contributed by atoms with van der Waals surface area (Å²) >= 11 is 0. The van der Waals surface area contributed by atoms with Gasteiger partial charge in [0.2, 0.25) is 0 Å². The van der Waals surface area contributed by atoms with Crippen molar-refractivity contribution in [3.8, 4) is 0 Å². The molecule has 0 bridgehead atoms. The fourth-order valence-electron chi connectivity index (χ4n) is 2.58. The quantitative estimate of drug-likeness (QED) is 0.579. The number of ether oxygens (including phenoxy) is 1. The van der Waals surface area contributed by atoms with Crippen molar-refractivity contribution < 1.29 is 13.9 Å². The van der Waals surface area contributed by atoms with Crippen molar-refractivity contribution in [3.63, 3.8) is 0 Å². The summed E-state index contributed by atoms with van der Waals surface area (Å²) in [4.78, 5) is 11.6. The van der Waals surface area contributed by atoms with Crippen molar-refractivity contribution in [3.05, 3.63) is 58.1 Å². The summed E-state index contributed by atoms with van der Waals surface area (Å²) in [6.45, 7) is 11.8. The first-order chi connectivity index (χ1) is 10.4. The summed E-state index contributed by atoms with van der Waals surface area (Å²) in [6.07, 6.45) is 6.98. The zero-order chi connectivity index (χ0) is 16.3. The highest BCUT2D eigenvalue weighted by Crippen LogP contribution is 2.29. The van der Waals surface area contributed by atoms with Crippen LogP contribution in [0, 0.1) is 6.92 Å². The Hall–Kier alpha value is -2.03. The van der Waals surface area contributed by atoms with Crippen molar-refractivity contribution in [2.24, 2.45) is 0 Å². The molecule has 2 rings (SSSR count). The van der Waals surface area contributed by atoms with E-state index in [1.807, 2.05) is 6.92 Å². The fourth-order valence-corrected chi connectivity index (χ4v) is 2.58. The molecule has 3 heteroatoms. The maximum atomic E-state index is 11.6. The van der Waals surface area contributed by atoms with Crippen molar-refractivity contribution >= 4 is 5.97 Å². The third kappa shape index (κ3) is 3.59. The molecule has 0 saturated heterocycles. The number of carbonyl (C=O) groups is 1. The van der Waals surface area contributed by atoms with Crippen molar-refractivity contribution in [2.45, 2.75) is 53.6 Å². The molecule has 1 aliphatic carbocycles. The lowest BCUT2D eigenvalue weighted by Gasteiger charge is -2.17. The normalized spacial score (nSPS) is 14.8. The summed E-state index contributed by atoms with van der Waals surface area (Å²) in [5.41, 5.74) is 6.49. The lowest BCUT2D eigenvalue weighted by molar-refractivity contribution is -0.140. The highest BCUT2D eigenvalue weighted by molar-refractivity contribution is 5.86. The second-order valence-electron chi connectivity index (χ2n) is 6.03. The summed E-state index contributed by atoms with van der Waals surface area (Å²) in [5, 5.41) is 0. The van der Waals surface area contributed by atoms with Gasteiger partial charge >= 0.3 is 5.97 Å². The van der Waals surface area contributed by atoms with Crippen LogP contribution in [0.15, 0.2) is 45.6 Å². The van der Waals surface area contributed by atoms with Crippen LogP contribution in [0.25, 0.3) is 0 Å². The molecule has 1 aromatic heterocycles. The Morgan fingerprint density at radius 2 is 2.09 bits per heavy atom. The predicted molar refractivity (Wildman–Crippen MR) is 87.5 cm³/mol. The van der Waals surface area contributed by atoms with Gasteiger partial charge in [-0.2, -0.15) is 0 Å². The van der Waals surface area contributed by atoms with Gasteiger partial charge in [-0.15, -0.1) is 0 Å². The summed E-state index contributed by atoms with van der Waals surface area (Å²) in [5.74, 6) is 0.516. The van der Waals surface area contributed by atoms with Gasteiger partial charge in [0.1, 0.15) is 12.4 Å². The molecule has 1 aliphatic rings. The molecule has 118 valence electrons. The van der Waals surface area contributed by atoms with Crippen molar-refractivity contribution in [2.75, 3.05) is 0 Å². The molecule has 0 fully saturated rings. The van der Waals surface area contributed by atoms with Gasteiger partial charge in [-0.05, 0) is 57.2 Å². The Balaban J connectivity index is 2.14. The SMILES string of the molecule is C=C(C)C(=O)OCc1c(C)coc1CC1=CCCC(C)=C1C. The highest BCUT2D eigenvalue weighted by atomic mass is 16.5. The molecule has 1 heterocycles. The van der Waals surface area contributed by atoms with Crippen LogP contribution in [0.1, 0.15) is 50.5 Å². The number of allylic oxidation sites excluding steroid dienone is 4. The Bertz CT molecular complexity index is 656. The van der Waals surface area contributed by atoms with Gasteiger partial charge in [-0.25, -0.2) is 4.79 Å². The third-order valence-corrected chi connectivity index (χ3v) is 4.27. The second kappa shape index (κ2) is 6.82. The van der Waals surface area contributed by atoms with Crippen LogP contribution in [-0.2, 0) is 22.6 Å². The number of esters is 1. The topological polar surface area (TPSA) is 39.4 Å². The van der Waals surface area contributed by atoms with E-state index in [1.54, 1.807) is 13.2 Å². The smallest absolute Gasteiger partial charge is 0.333 e. The largest absolute Gasteiger partial charge is 0.468 e. The first-order valence-corrected chi connectivity index (χ1v) is 7.64. The molecule has 0 saturated carbocycles. The third-order valence-electron chi connectivity index (χ3n) is 4.27. The standard InChI is InChI=1S/C19H24O3/c1-12(2)19(20)22-11-17-14(4)10-21-18(17)9-16-8-6-7-13(3)15(16)5/h8,10H,1,6-7,9,11H2,2-5H3. The summed E-state index contributed by atoms with van der Waals surface area (Å²) in [6, 6.07) is 0. The molecular weight excluding hydrogens is 276 g/mol. The van der Waals surface area contributed by atoms with Crippen molar-refractivity contribution in [1.82, 2.24) is 0 Å².